The van der Waals surface area contributed by atoms with Gasteiger partial charge in [0.25, 0.3) is 0 Å². The smallest absolute Gasteiger partial charge is 0.335 e. The molecule has 72 valence electrons. The van der Waals surface area contributed by atoms with Crippen molar-refractivity contribution >= 4 is 11.5 Å². The molecule has 0 spiro atoms. The minimum Gasteiger partial charge on any atom is -0.478 e. The lowest BCUT2D eigenvalue weighted by molar-refractivity contribution is -0.130. The first-order chi connectivity index (χ1) is 6.68. The van der Waals surface area contributed by atoms with Crippen LogP contribution in [0.3, 0.4) is 0 Å². The number of aryl methyl sites for hydroxylation is 2. The second kappa shape index (κ2) is 3.29. The molecule has 0 heterocycles. The number of carboxylic acid groups (broad SMARTS) is 1. The fourth-order valence-corrected chi connectivity index (χ4v) is 1.84. The Bertz CT molecular complexity index is 416. The van der Waals surface area contributed by atoms with E-state index < -0.39 is 5.97 Å². The molecule has 1 aromatic carbocycles. The molecule has 0 aromatic heterocycles. The van der Waals surface area contributed by atoms with E-state index in [0.717, 1.165) is 29.5 Å². The van der Waals surface area contributed by atoms with Crippen molar-refractivity contribution in [1.29, 1.82) is 0 Å². The molecule has 1 N–H and O–H groups in total. The Balaban J connectivity index is 2.56. The zero-order chi connectivity index (χ0) is 10.1. The first kappa shape index (κ1) is 9.00. The molecule has 0 amide bonds. The van der Waals surface area contributed by atoms with Gasteiger partial charge in [-0.15, -0.1) is 0 Å². The molecule has 2 rings (SSSR count). The van der Waals surface area contributed by atoms with Gasteiger partial charge in [-0.2, -0.15) is 0 Å². The largest absolute Gasteiger partial charge is 0.478 e. The summed E-state index contributed by atoms with van der Waals surface area (Å²) in [5, 5.41) is 9.01. The topological polar surface area (TPSA) is 37.3 Å². The maximum atomic E-state index is 11.0. The summed E-state index contributed by atoms with van der Waals surface area (Å²) in [6.45, 7) is 1.98. The summed E-state index contributed by atoms with van der Waals surface area (Å²) in [5.74, 6) is -0.823. The predicted molar refractivity (Wildman–Crippen MR) is 55.1 cm³/mol. The van der Waals surface area contributed by atoms with Crippen LogP contribution in [0, 0.1) is 6.92 Å². The van der Waals surface area contributed by atoms with Gasteiger partial charge in [0, 0.05) is 0 Å². The van der Waals surface area contributed by atoms with Gasteiger partial charge in [0.2, 0.25) is 0 Å². The van der Waals surface area contributed by atoms with Gasteiger partial charge in [-0.05, 0) is 30.9 Å². The molecule has 1 aromatic rings. The van der Waals surface area contributed by atoms with Crippen LogP contribution in [0.15, 0.2) is 24.3 Å². The molecule has 0 atom stereocenters. The average molecular weight is 188 g/mol. The van der Waals surface area contributed by atoms with Crippen molar-refractivity contribution in [1.82, 2.24) is 0 Å². The molecule has 0 bridgehead atoms. The Hall–Kier alpha value is -1.57. The zero-order valence-electron chi connectivity index (χ0n) is 8.08. The van der Waals surface area contributed by atoms with Crippen LogP contribution >= 0.6 is 0 Å². The van der Waals surface area contributed by atoms with E-state index >= 15 is 0 Å². The van der Waals surface area contributed by atoms with Crippen molar-refractivity contribution in [2.24, 2.45) is 0 Å². The van der Waals surface area contributed by atoms with Gasteiger partial charge in [0.1, 0.15) is 0 Å². The van der Waals surface area contributed by atoms with Crippen LogP contribution in [0.5, 0.6) is 0 Å². The minimum atomic E-state index is -0.823. The number of fused-ring (bicyclic) bond motifs is 1. The number of hydrogen-bond acceptors (Lipinski definition) is 1. The molecular formula is C12H12O2. The van der Waals surface area contributed by atoms with Crippen LogP contribution in [0.4, 0.5) is 0 Å². The number of carboxylic acids is 1. The fourth-order valence-electron chi connectivity index (χ4n) is 1.84. The summed E-state index contributed by atoms with van der Waals surface area (Å²) < 4.78 is 0. The van der Waals surface area contributed by atoms with E-state index in [1.54, 1.807) is 0 Å². The lowest BCUT2D eigenvalue weighted by atomic mass is 9.90. The third kappa shape index (κ3) is 1.43. The minimum absolute atomic E-state index is 0.454. The normalized spacial score (nSPS) is 14.5. The highest BCUT2D eigenvalue weighted by Gasteiger charge is 2.17. The van der Waals surface area contributed by atoms with E-state index in [-0.39, 0.29) is 0 Å². The molecule has 0 saturated carbocycles. The first-order valence-electron chi connectivity index (χ1n) is 4.72. The predicted octanol–water partition coefficient (Wildman–Crippen LogP) is 2.41. The lowest BCUT2D eigenvalue weighted by Crippen LogP contribution is -2.07. The standard InChI is InChI=1S/C12H12O2/c1-8-5-6-9-3-2-4-10(12(13)14)11(9)7-8/h4-7H,2-3H2,1H3,(H,13,14). The van der Waals surface area contributed by atoms with Crippen molar-refractivity contribution < 1.29 is 9.90 Å². The molecule has 0 saturated heterocycles. The summed E-state index contributed by atoms with van der Waals surface area (Å²) in [6.07, 6.45) is 3.59. The highest BCUT2D eigenvalue weighted by Crippen LogP contribution is 2.27. The van der Waals surface area contributed by atoms with Gasteiger partial charge in [0.05, 0.1) is 5.57 Å². The van der Waals surface area contributed by atoms with Crippen LogP contribution in [0.1, 0.15) is 23.1 Å². The molecule has 14 heavy (non-hydrogen) atoms. The van der Waals surface area contributed by atoms with Crippen LogP contribution in [-0.4, -0.2) is 11.1 Å². The Morgan fingerprint density at radius 2 is 2.21 bits per heavy atom. The lowest BCUT2D eigenvalue weighted by Gasteiger charge is -2.15. The number of benzene rings is 1. The van der Waals surface area contributed by atoms with Crippen molar-refractivity contribution in [3.8, 4) is 0 Å². The molecule has 0 aliphatic heterocycles. The second-order valence-corrected chi connectivity index (χ2v) is 3.62. The van der Waals surface area contributed by atoms with Crippen LogP contribution in [-0.2, 0) is 11.2 Å². The van der Waals surface area contributed by atoms with Crippen LogP contribution in [0.2, 0.25) is 0 Å². The van der Waals surface area contributed by atoms with Gasteiger partial charge in [-0.25, -0.2) is 4.79 Å². The Morgan fingerprint density at radius 1 is 1.43 bits per heavy atom. The maximum absolute atomic E-state index is 11.0. The molecule has 1 aliphatic carbocycles. The maximum Gasteiger partial charge on any atom is 0.335 e. The van der Waals surface area contributed by atoms with E-state index in [0.29, 0.717) is 5.57 Å². The second-order valence-electron chi connectivity index (χ2n) is 3.62. The SMILES string of the molecule is Cc1ccc2c(c1)C(C(=O)O)=CCC2. The number of hydrogen-bond donors (Lipinski definition) is 1. The molecule has 2 heteroatoms. The summed E-state index contributed by atoms with van der Waals surface area (Å²) in [6, 6.07) is 6.01. The summed E-state index contributed by atoms with van der Waals surface area (Å²) in [7, 11) is 0. The van der Waals surface area contributed by atoms with Gasteiger partial charge in [-0.3, -0.25) is 0 Å². The third-order valence-electron chi connectivity index (χ3n) is 2.55. The van der Waals surface area contributed by atoms with Crippen molar-refractivity contribution in [2.75, 3.05) is 0 Å². The van der Waals surface area contributed by atoms with Gasteiger partial charge in [-0.1, -0.05) is 29.8 Å². The summed E-state index contributed by atoms with van der Waals surface area (Å²) in [5.41, 5.74) is 3.60. The van der Waals surface area contributed by atoms with E-state index in [4.69, 9.17) is 5.11 Å². The molecular weight excluding hydrogens is 176 g/mol. The van der Waals surface area contributed by atoms with Crippen LogP contribution < -0.4 is 0 Å². The van der Waals surface area contributed by atoms with Gasteiger partial charge in [0.15, 0.2) is 0 Å². The quantitative estimate of drug-likeness (QED) is 0.734. The third-order valence-corrected chi connectivity index (χ3v) is 2.55. The Morgan fingerprint density at radius 3 is 2.93 bits per heavy atom. The molecule has 1 aliphatic rings. The summed E-state index contributed by atoms with van der Waals surface area (Å²) >= 11 is 0. The van der Waals surface area contributed by atoms with E-state index in [9.17, 15) is 4.79 Å². The molecule has 0 unspecified atom stereocenters. The van der Waals surface area contributed by atoms with E-state index in [2.05, 4.69) is 0 Å². The highest BCUT2D eigenvalue weighted by atomic mass is 16.4. The number of aliphatic carboxylic acids is 1. The Labute approximate surface area is 82.9 Å². The van der Waals surface area contributed by atoms with Gasteiger partial charge < -0.3 is 5.11 Å². The Kier molecular flexibility index (Phi) is 2.12. The zero-order valence-corrected chi connectivity index (χ0v) is 8.08. The monoisotopic (exact) mass is 188 g/mol. The van der Waals surface area contributed by atoms with Crippen molar-refractivity contribution in [3.05, 3.63) is 41.0 Å². The molecule has 2 nitrogen and oxygen atoms in total. The van der Waals surface area contributed by atoms with Gasteiger partial charge >= 0.3 is 5.97 Å². The molecule has 0 radical (unpaired) electrons. The number of allylic oxidation sites excluding steroid dienone is 1. The number of rotatable bonds is 1. The van der Waals surface area contributed by atoms with Crippen molar-refractivity contribution in [2.45, 2.75) is 19.8 Å². The van der Waals surface area contributed by atoms with E-state index in [1.807, 2.05) is 31.2 Å². The van der Waals surface area contributed by atoms with Crippen molar-refractivity contribution in [3.63, 3.8) is 0 Å². The highest BCUT2D eigenvalue weighted by molar-refractivity contribution is 6.16. The first-order valence-corrected chi connectivity index (χ1v) is 4.72. The van der Waals surface area contributed by atoms with E-state index in [1.165, 1.54) is 0 Å². The fraction of sp³-hybridized carbons (Fsp3) is 0.250. The average Bonchev–Trinajstić information content (AvgIpc) is 2.16. The summed E-state index contributed by atoms with van der Waals surface area (Å²) in [4.78, 5) is 11.0. The molecule has 0 fully saturated rings. The van der Waals surface area contributed by atoms with Crippen LogP contribution in [0.25, 0.3) is 5.57 Å². The number of carbonyl (C=O) groups is 1.